The molecule has 5 rings (SSSR count). The molecule has 0 N–H and O–H groups in total. The Labute approximate surface area is 268 Å². The first-order chi connectivity index (χ1) is 21.8. The number of carbonyl (C=O) groups is 1. The second-order valence-corrected chi connectivity index (χ2v) is 12.8. The number of aryl methyl sites for hydroxylation is 1. The smallest absolute Gasteiger partial charge is 0.410 e. The van der Waals surface area contributed by atoms with E-state index in [0.717, 1.165) is 53.2 Å². The second kappa shape index (κ2) is 13.3. The summed E-state index contributed by atoms with van der Waals surface area (Å²) in [6.07, 6.45) is 4.32. The summed E-state index contributed by atoms with van der Waals surface area (Å²) in [5, 5.41) is 5.54. The highest BCUT2D eigenvalue weighted by molar-refractivity contribution is 5.88. The molecule has 2 aromatic heterocycles. The summed E-state index contributed by atoms with van der Waals surface area (Å²) in [7, 11) is 5.13. The minimum absolute atomic E-state index is 0.0916. The van der Waals surface area contributed by atoms with E-state index in [2.05, 4.69) is 4.98 Å². The van der Waals surface area contributed by atoms with Gasteiger partial charge in [0.1, 0.15) is 18.0 Å². The molecule has 1 saturated carbocycles. The summed E-state index contributed by atoms with van der Waals surface area (Å²) in [5.74, 6) is -2.23. The average molecular weight is 637 g/mol. The van der Waals surface area contributed by atoms with Crippen molar-refractivity contribution in [2.75, 3.05) is 27.6 Å². The first-order valence-corrected chi connectivity index (χ1v) is 15.4. The van der Waals surface area contributed by atoms with Crippen LogP contribution in [0.3, 0.4) is 0 Å². The zero-order chi connectivity index (χ0) is 33.2. The predicted molar refractivity (Wildman–Crippen MR) is 170 cm³/mol. The molecule has 0 aliphatic heterocycles. The maximum Gasteiger partial charge on any atom is 0.410 e. The number of halogens is 2. The number of pyridine rings is 1. The summed E-state index contributed by atoms with van der Waals surface area (Å²) >= 11 is 0. The quantitative estimate of drug-likeness (QED) is 0.161. The number of carbonyl (C=O) groups excluding carboxylic acids is 1. The lowest BCUT2D eigenvalue weighted by Crippen LogP contribution is -2.39. The molecule has 11 heteroatoms. The fourth-order valence-corrected chi connectivity index (χ4v) is 5.76. The SMILES string of the molecule is COCOC1(c2nn(C)c(C)c2CCOc2c(-c3ccc4nccc(CN(C)C(=O)OC(C)(C)C)c4c3)ccc(F)c2F)CCC1. The highest BCUT2D eigenvalue weighted by atomic mass is 19.2. The second-order valence-electron chi connectivity index (χ2n) is 12.8. The van der Waals surface area contributed by atoms with Gasteiger partial charge in [-0.2, -0.15) is 9.49 Å². The average Bonchev–Trinajstić information content (AvgIpc) is 3.26. The molecule has 0 radical (unpaired) electrons. The number of benzene rings is 2. The van der Waals surface area contributed by atoms with Gasteiger partial charge in [-0.1, -0.05) is 6.07 Å². The van der Waals surface area contributed by atoms with Crippen molar-refractivity contribution < 1.29 is 32.5 Å². The number of hydrogen-bond donors (Lipinski definition) is 0. The molecule has 46 heavy (non-hydrogen) atoms. The van der Waals surface area contributed by atoms with Crippen molar-refractivity contribution in [3.05, 3.63) is 76.7 Å². The highest BCUT2D eigenvalue weighted by Gasteiger charge is 2.44. The Bertz CT molecular complexity index is 1730. The lowest BCUT2D eigenvalue weighted by molar-refractivity contribution is -0.173. The van der Waals surface area contributed by atoms with Gasteiger partial charge in [0, 0.05) is 62.6 Å². The maximum absolute atomic E-state index is 15.4. The van der Waals surface area contributed by atoms with Gasteiger partial charge in [0.05, 0.1) is 17.8 Å². The number of amides is 1. The Morgan fingerprint density at radius 3 is 2.57 bits per heavy atom. The van der Waals surface area contributed by atoms with Gasteiger partial charge in [-0.3, -0.25) is 9.67 Å². The Morgan fingerprint density at radius 2 is 1.89 bits per heavy atom. The van der Waals surface area contributed by atoms with Gasteiger partial charge in [0.2, 0.25) is 5.82 Å². The monoisotopic (exact) mass is 636 g/mol. The lowest BCUT2D eigenvalue weighted by Gasteiger charge is -2.40. The van der Waals surface area contributed by atoms with E-state index in [-0.39, 0.29) is 25.7 Å². The van der Waals surface area contributed by atoms with Gasteiger partial charge in [0.25, 0.3) is 0 Å². The van der Waals surface area contributed by atoms with Gasteiger partial charge in [-0.15, -0.1) is 0 Å². The number of ether oxygens (including phenoxy) is 4. The fraction of sp³-hybridized carbons (Fsp3) is 0.457. The molecule has 1 aliphatic carbocycles. The number of fused-ring (bicyclic) bond motifs is 1. The normalized spacial score (nSPS) is 14.3. The van der Waals surface area contributed by atoms with Crippen LogP contribution in [0.5, 0.6) is 5.75 Å². The van der Waals surface area contributed by atoms with E-state index in [9.17, 15) is 9.18 Å². The third-order valence-electron chi connectivity index (χ3n) is 8.41. The topological polar surface area (TPSA) is 87.9 Å². The lowest BCUT2D eigenvalue weighted by atomic mass is 9.75. The van der Waals surface area contributed by atoms with Gasteiger partial charge in [-0.25, -0.2) is 9.18 Å². The van der Waals surface area contributed by atoms with Gasteiger partial charge >= 0.3 is 6.09 Å². The number of aromatic nitrogens is 3. The Morgan fingerprint density at radius 1 is 1.13 bits per heavy atom. The maximum atomic E-state index is 15.4. The van der Waals surface area contributed by atoms with Crippen molar-refractivity contribution >= 4 is 17.0 Å². The molecule has 246 valence electrons. The summed E-state index contributed by atoms with van der Waals surface area (Å²) < 4.78 is 54.6. The van der Waals surface area contributed by atoms with E-state index in [4.69, 9.17) is 24.0 Å². The van der Waals surface area contributed by atoms with Gasteiger partial charge < -0.3 is 23.8 Å². The predicted octanol–water partition coefficient (Wildman–Crippen LogP) is 7.21. The highest BCUT2D eigenvalue weighted by Crippen LogP contribution is 2.46. The van der Waals surface area contributed by atoms with E-state index in [0.29, 0.717) is 23.1 Å². The number of methoxy groups -OCH3 is 1. The van der Waals surface area contributed by atoms with Gasteiger partial charge in [-0.05, 0) is 88.4 Å². The van der Waals surface area contributed by atoms with E-state index in [1.807, 2.05) is 57.6 Å². The van der Waals surface area contributed by atoms with E-state index >= 15 is 4.39 Å². The van der Waals surface area contributed by atoms with Crippen molar-refractivity contribution in [3.8, 4) is 16.9 Å². The number of hydrogen-bond acceptors (Lipinski definition) is 7. The van der Waals surface area contributed by atoms with Crippen LogP contribution in [0.25, 0.3) is 22.0 Å². The molecular formula is C35H42F2N4O5. The molecule has 0 saturated heterocycles. The zero-order valence-corrected chi connectivity index (χ0v) is 27.6. The van der Waals surface area contributed by atoms with Crippen LogP contribution in [0.2, 0.25) is 0 Å². The van der Waals surface area contributed by atoms with Crippen LogP contribution in [-0.4, -0.2) is 58.9 Å². The van der Waals surface area contributed by atoms with Crippen LogP contribution in [0.1, 0.15) is 62.5 Å². The first kappa shape index (κ1) is 33.3. The third kappa shape index (κ3) is 6.85. The Hall–Kier alpha value is -4.09. The minimum Gasteiger partial charge on any atom is -0.489 e. The summed E-state index contributed by atoms with van der Waals surface area (Å²) in [4.78, 5) is 18.6. The largest absolute Gasteiger partial charge is 0.489 e. The first-order valence-electron chi connectivity index (χ1n) is 15.4. The van der Waals surface area contributed by atoms with Crippen molar-refractivity contribution in [2.24, 2.45) is 7.05 Å². The standard InChI is InChI=1S/C35H42F2N4O5/c1-22-25(32(39-41(22)6)35(15-8-16-35)45-21-43-7)14-18-44-31-26(10-11-28(36)30(31)37)23-9-12-29-27(19-23)24(13-17-38-29)20-40(5)33(42)46-34(2,3)4/h9-13,17,19H,8,14-16,18,20-21H2,1-7H3. The molecule has 1 fully saturated rings. The van der Waals surface area contributed by atoms with E-state index < -0.39 is 28.9 Å². The van der Waals surface area contributed by atoms with Crippen LogP contribution in [-0.2, 0) is 39.8 Å². The molecule has 0 spiro atoms. The fourth-order valence-electron chi connectivity index (χ4n) is 5.76. The molecule has 4 aromatic rings. The van der Waals surface area contributed by atoms with Gasteiger partial charge in [0.15, 0.2) is 11.6 Å². The summed E-state index contributed by atoms with van der Waals surface area (Å²) in [5.41, 5.74) is 4.15. The molecule has 1 aliphatic rings. The number of rotatable bonds is 11. The zero-order valence-electron chi connectivity index (χ0n) is 27.6. The van der Waals surface area contributed by atoms with E-state index in [1.165, 1.54) is 11.0 Å². The molecule has 1 amide bonds. The summed E-state index contributed by atoms with van der Waals surface area (Å²) in [6.45, 7) is 7.93. The molecule has 9 nitrogen and oxygen atoms in total. The van der Waals surface area contributed by atoms with Crippen LogP contribution in [0, 0.1) is 18.6 Å². The van der Waals surface area contributed by atoms with Crippen LogP contribution >= 0.6 is 0 Å². The molecule has 0 unspecified atom stereocenters. The van der Waals surface area contributed by atoms with Crippen LogP contribution in [0.4, 0.5) is 13.6 Å². The van der Waals surface area contributed by atoms with Crippen LogP contribution in [0.15, 0.2) is 42.6 Å². The van der Waals surface area contributed by atoms with Crippen molar-refractivity contribution in [2.45, 2.75) is 71.1 Å². The third-order valence-corrected chi connectivity index (χ3v) is 8.41. The molecule has 0 bridgehead atoms. The van der Waals surface area contributed by atoms with E-state index in [1.54, 1.807) is 26.4 Å². The van der Waals surface area contributed by atoms with Crippen molar-refractivity contribution in [3.63, 3.8) is 0 Å². The molecule has 2 aromatic carbocycles. The summed E-state index contributed by atoms with van der Waals surface area (Å²) in [6, 6.07) is 9.91. The van der Waals surface area contributed by atoms with Crippen molar-refractivity contribution in [1.82, 2.24) is 19.7 Å². The molecule has 2 heterocycles. The van der Waals surface area contributed by atoms with Crippen molar-refractivity contribution in [1.29, 1.82) is 0 Å². The molecule has 0 atom stereocenters. The van der Waals surface area contributed by atoms with Crippen LogP contribution < -0.4 is 4.74 Å². The Kier molecular flexibility index (Phi) is 9.65. The Balaban J connectivity index is 1.42. The molecular weight excluding hydrogens is 594 g/mol. The number of nitrogens with zero attached hydrogens (tertiary/aromatic N) is 4. The minimum atomic E-state index is -1.06.